The van der Waals surface area contributed by atoms with Gasteiger partial charge in [0.15, 0.2) is 0 Å². The molecule has 1 heterocycles. The zero-order valence-corrected chi connectivity index (χ0v) is 11.4. The van der Waals surface area contributed by atoms with Crippen LogP contribution in [0.15, 0.2) is 30.3 Å². The highest BCUT2D eigenvalue weighted by molar-refractivity contribution is 5.77. The maximum absolute atomic E-state index is 12.3. The first-order valence-corrected chi connectivity index (χ1v) is 6.86. The standard InChI is InChI=1S/C15H21NO3/c1-2-19-15(17)14(13-7-4-3-5-8-13)16-9-6-11-18-12-10-16/h3-5,7-8,14H,2,6,9-12H2,1H3. The van der Waals surface area contributed by atoms with Crippen LogP contribution in [0, 0.1) is 0 Å². The summed E-state index contributed by atoms with van der Waals surface area (Å²) in [5.74, 6) is -0.171. The van der Waals surface area contributed by atoms with E-state index in [0.717, 1.165) is 31.7 Å². The van der Waals surface area contributed by atoms with Gasteiger partial charge in [-0.2, -0.15) is 0 Å². The number of carbonyl (C=O) groups is 1. The van der Waals surface area contributed by atoms with E-state index in [-0.39, 0.29) is 12.0 Å². The minimum atomic E-state index is -0.317. The number of benzene rings is 1. The minimum Gasteiger partial charge on any atom is -0.465 e. The normalized spacial score (nSPS) is 18.6. The van der Waals surface area contributed by atoms with Gasteiger partial charge in [-0.25, -0.2) is 4.79 Å². The zero-order valence-electron chi connectivity index (χ0n) is 11.4. The van der Waals surface area contributed by atoms with E-state index in [4.69, 9.17) is 9.47 Å². The molecule has 4 heteroatoms. The molecule has 1 fully saturated rings. The molecule has 1 unspecified atom stereocenters. The lowest BCUT2D eigenvalue weighted by atomic mass is 10.1. The largest absolute Gasteiger partial charge is 0.465 e. The second-order valence-corrected chi connectivity index (χ2v) is 4.57. The second kappa shape index (κ2) is 7.26. The van der Waals surface area contributed by atoms with Crippen LogP contribution in [0.1, 0.15) is 24.9 Å². The third kappa shape index (κ3) is 3.78. The monoisotopic (exact) mass is 263 g/mol. The Morgan fingerprint density at radius 2 is 2.11 bits per heavy atom. The molecular formula is C15H21NO3. The maximum Gasteiger partial charge on any atom is 0.328 e. The molecule has 104 valence electrons. The summed E-state index contributed by atoms with van der Waals surface area (Å²) in [7, 11) is 0. The molecule has 0 saturated carbocycles. The number of ether oxygens (including phenoxy) is 2. The Kier molecular flexibility index (Phi) is 5.36. The fraction of sp³-hybridized carbons (Fsp3) is 0.533. The van der Waals surface area contributed by atoms with Crippen molar-refractivity contribution in [3.05, 3.63) is 35.9 Å². The Bertz CT molecular complexity index is 386. The van der Waals surface area contributed by atoms with Crippen molar-refractivity contribution in [3.63, 3.8) is 0 Å². The van der Waals surface area contributed by atoms with Crippen molar-refractivity contribution in [1.82, 2.24) is 4.90 Å². The molecule has 0 spiro atoms. The molecule has 0 aliphatic carbocycles. The van der Waals surface area contributed by atoms with Crippen LogP contribution in [0.5, 0.6) is 0 Å². The average Bonchev–Trinajstić information content (AvgIpc) is 2.70. The molecule has 4 nitrogen and oxygen atoms in total. The number of hydrogen-bond donors (Lipinski definition) is 0. The third-order valence-electron chi connectivity index (χ3n) is 3.25. The Labute approximate surface area is 114 Å². The first kappa shape index (κ1) is 14.0. The van der Waals surface area contributed by atoms with Crippen LogP contribution >= 0.6 is 0 Å². The van der Waals surface area contributed by atoms with Crippen LogP contribution < -0.4 is 0 Å². The summed E-state index contributed by atoms with van der Waals surface area (Å²) >= 11 is 0. The maximum atomic E-state index is 12.3. The fourth-order valence-electron chi connectivity index (χ4n) is 2.38. The van der Waals surface area contributed by atoms with Gasteiger partial charge in [-0.05, 0) is 18.9 Å². The summed E-state index contributed by atoms with van der Waals surface area (Å²) < 4.78 is 10.7. The van der Waals surface area contributed by atoms with Gasteiger partial charge in [-0.15, -0.1) is 0 Å². The summed E-state index contributed by atoms with van der Waals surface area (Å²) in [6, 6.07) is 9.51. The van der Waals surface area contributed by atoms with Gasteiger partial charge in [0.05, 0.1) is 13.2 Å². The van der Waals surface area contributed by atoms with E-state index in [1.54, 1.807) is 0 Å². The lowest BCUT2D eigenvalue weighted by Crippen LogP contribution is -2.37. The molecular weight excluding hydrogens is 242 g/mol. The molecule has 1 aliphatic heterocycles. The summed E-state index contributed by atoms with van der Waals surface area (Å²) in [5.41, 5.74) is 0.989. The summed E-state index contributed by atoms with van der Waals surface area (Å²) in [6.45, 7) is 5.30. The van der Waals surface area contributed by atoms with Crippen molar-refractivity contribution in [2.75, 3.05) is 32.9 Å². The van der Waals surface area contributed by atoms with Crippen molar-refractivity contribution in [1.29, 1.82) is 0 Å². The molecule has 0 N–H and O–H groups in total. The molecule has 19 heavy (non-hydrogen) atoms. The van der Waals surface area contributed by atoms with Crippen molar-refractivity contribution in [2.24, 2.45) is 0 Å². The first-order valence-electron chi connectivity index (χ1n) is 6.86. The van der Waals surface area contributed by atoms with Crippen LogP contribution in [0.25, 0.3) is 0 Å². The Hall–Kier alpha value is -1.39. The first-order chi connectivity index (χ1) is 9.33. The smallest absolute Gasteiger partial charge is 0.328 e. The van der Waals surface area contributed by atoms with Crippen LogP contribution in [-0.4, -0.2) is 43.8 Å². The van der Waals surface area contributed by atoms with Gasteiger partial charge < -0.3 is 9.47 Å². The van der Waals surface area contributed by atoms with Crippen LogP contribution in [0.3, 0.4) is 0 Å². The predicted octanol–water partition coefficient (Wildman–Crippen LogP) is 2.01. The summed E-state index contributed by atoms with van der Waals surface area (Å²) in [4.78, 5) is 14.4. The number of nitrogens with zero attached hydrogens (tertiary/aromatic N) is 1. The summed E-state index contributed by atoms with van der Waals surface area (Å²) in [6.07, 6.45) is 0.947. The van der Waals surface area contributed by atoms with Gasteiger partial charge in [-0.3, -0.25) is 4.90 Å². The molecule has 1 atom stereocenters. The highest BCUT2D eigenvalue weighted by Gasteiger charge is 2.29. The molecule has 1 aromatic rings. The van der Waals surface area contributed by atoms with E-state index < -0.39 is 0 Å². The van der Waals surface area contributed by atoms with E-state index in [1.807, 2.05) is 37.3 Å². The molecule has 1 aromatic carbocycles. The van der Waals surface area contributed by atoms with Gasteiger partial charge in [0, 0.05) is 19.7 Å². The molecule has 0 radical (unpaired) electrons. The quantitative estimate of drug-likeness (QED) is 0.779. The number of carbonyl (C=O) groups excluding carboxylic acids is 1. The lowest BCUT2D eigenvalue weighted by molar-refractivity contribution is -0.150. The van der Waals surface area contributed by atoms with Gasteiger partial charge >= 0.3 is 5.97 Å². The lowest BCUT2D eigenvalue weighted by Gasteiger charge is -2.28. The minimum absolute atomic E-state index is 0.171. The SMILES string of the molecule is CCOC(=O)C(c1ccccc1)N1CCCOCC1. The van der Waals surface area contributed by atoms with Gasteiger partial charge in [-0.1, -0.05) is 30.3 Å². The van der Waals surface area contributed by atoms with E-state index in [2.05, 4.69) is 4.90 Å². The van der Waals surface area contributed by atoms with E-state index >= 15 is 0 Å². The zero-order chi connectivity index (χ0) is 13.5. The molecule has 1 saturated heterocycles. The van der Waals surface area contributed by atoms with Crippen LogP contribution in [0.2, 0.25) is 0 Å². The molecule has 2 rings (SSSR count). The number of esters is 1. The van der Waals surface area contributed by atoms with Gasteiger partial charge in [0.25, 0.3) is 0 Å². The second-order valence-electron chi connectivity index (χ2n) is 4.57. The Balaban J connectivity index is 2.20. The highest BCUT2D eigenvalue weighted by atomic mass is 16.5. The fourth-order valence-corrected chi connectivity index (χ4v) is 2.38. The third-order valence-corrected chi connectivity index (χ3v) is 3.25. The van der Waals surface area contributed by atoms with Crippen molar-refractivity contribution in [3.8, 4) is 0 Å². The van der Waals surface area contributed by atoms with E-state index in [1.165, 1.54) is 0 Å². The van der Waals surface area contributed by atoms with E-state index in [9.17, 15) is 4.79 Å². The topological polar surface area (TPSA) is 38.8 Å². The van der Waals surface area contributed by atoms with Crippen LogP contribution in [0.4, 0.5) is 0 Å². The molecule has 1 aliphatic rings. The summed E-state index contributed by atoms with van der Waals surface area (Å²) in [5, 5.41) is 0. The van der Waals surface area contributed by atoms with Gasteiger partial charge in [0.2, 0.25) is 0 Å². The molecule has 0 amide bonds. The van der Waals surface area contributed by atoms with Crippen LogP contribution in [-0.2, 0) is 14.3 Å². The van der Waals surface area contributed by atoms with E-state index in [0.29, 0.717) is 13.2 Å². The number of hydrogen-bond acceptors (Lipinski definition) is 4. The van der Waals surface area contributed by atoms with Gasteiger partial charge in [0.1, 0.15) is 6.04 Å². The average molecular weight is 263 g/mol. The van der Waals surface area contributed by atoms with Crippen molar-refractivity contribution < 1.29 is 14.3 Å². The Morgan fingerprint density at radius 1 is 1.32 bits per heavy atom. The molecule has 0 bridgehead atoms. The molecule has 0 aromatic heterocycles. The highest BCUT2D eigenvalue weighted by Crippen LogP contribution is 2.23. The Morgan fingerprint density at radius 3 is 2.84 bits per heavy atom. The van der Waals surface area contributed by atoms with Crippen molar-refractivity contribution in [2.45, 2.75) is 19.4 Å². The number of rotatable bonds is 4. The predicted molar refractivity (Wildman–Crippen MR) is 72.8 cm³/mol. The van der Waals surface area contributed by atoms with Crippen molar-refractivity contribution >= 4 is 5.97 Å².